The molecule has 8 heteroatoms. The molecule has 2 heterocycles. The summed E-state index contributed by atoms with van der Waals surface area (Å²) in [6, 6.07) is 1.82. The lowest BCUT2D eigenvalue weighted by Crippen LogP contribution is -2.77. The Balaban J connectivity index is 1.76. The molecule has 2 fully saturated rings. The fourth-order valence-electron chi connectivity index (χ4n) is 4.39. The van der Waals surface area contributed by atoms with Gasteiger partial charge >= 0.3 is 0 Å². The quantitative estimate of drug-likeness (QED) is 0.237. The number of hydrogen-bond acceptors (Lipinski definition) is 7. The Morgan fingerprint density at radius 2 is 2.06 bits per heavy atom. The summed E-state index contributed by atoms with van der Waals surface area (Å²) in [5.41, 5.74) is 2.18. The number of unbranched alkanes of at least 4 members (excludes halogenated alkanes) is 1. The van der Waals surface area contributed by atoms with Crippen LogP contribution in [0.25, 0.3) is 0 Å². The number of carbonyl (C=O) groups excluding carboxylic acids is 2. The van der Waals surface area contributed by atoms with Crippen LogP contribution in [0.4, 0.5) is 0 Å². The van der Waals surface area contributed by atoms with Crippen LogP contribution in [-0.2, 0) is 36.6 Å². The Hall–Kier alpha value is -1.48. The van der Waals surface area contributed by atoms with E-state index >= 15 is 0 Å². The second-order valence-electron chi connectivity index (χ2n) is 8.92. The SMILES string of the molecule is COCO[C@@]1(Cc2cc(CCCCC3CC3)c(C)cn2)C(=O)N(COC)[C@H]1CSC(C)=O. The standard InChI is InChI=1S/C24H36N2O5S/c1-17-13-25-21(11-20(17)8-6-5-7-19-9-10-19)12-24(31-16-30-4)22(14-32-18(2)27)26(15-29-3)23(24)28/h11,13,19,22H,5-10,12,14-16H2,1-4H3/t22-,24+/m0/s1. The molecule has 178 valence electrons. The van der Waals surface area contributed by atoms with E-state index in [4.69, 9.17) is 14.2 Å². The van der Waals surface area contributed by atoms with Gasteiger partial charge in [0.1, 0.15) is 13.5 Å². The van der Waals surface area contributed by atoms with Crippen LogP contribution in [0.15, 0.2) is 12.3 Å². The summed E-state index contributed by atoms with van der Waals surface area (Å²) < 4.78 is 16.4. The third kappa shape index (κ3) is 6.10. The van der Waals surface area contributed by atoms with Crippen molar-refractivity contribution in [1.82, 2.24) is 9.88 Å². The number of β-lactam (4-membered cyclic amide) rings is 1. The number of nitrogens with zero attached hydrogens (tertiary/aromatic N) is 2. The minimum absolute atomic E-state index is 0.00398. The summed E-state index contributed by atoms with van der Waals surface area (Å²) in [6.07, 6.45) is 9.83. The molecule has 7 nitrogen and oxygen atoms in total. The highest BCUT2D eigenvalue weighted by molar-refractivity contribution is 8.13. The summed E-state index contributed by atoms with van der Waals surface area (Å²) in [6.45, 7) is 3.77. The van der Waals surface area contributed by atoms with Crippen molar-refractivity contribution in [1.29, 1.82) is 0 Å². The number of carbonyl (C=O) groups is 2. The Morgan fingerprint density at radius 3 is 2.72 bits per heavy atom. The van der Waals surface area contributed by atoms with E-state index in [-0.39, 0.29) is 30.6 Å². The maximum Gasteiger partial charge on any atom is 0.259 e. The first-order valence-corrected chi connectivity index (χ1v) is 12.4. The Labute approximate surface area is 195 Å². The molecule has 2 atom stereocenters. The number of amides is 1. The van der Waals surface area contributed by atoms with Crippen LogP contribution < -0.4 is 0 Å². The molecule has 1 amide bonds. The van der Waals surface area contributed by atoms with E-state index in [1.165, 1.54) is 69.0 Å². The fourth-order valence-corrected chi connectivity index (χ4v) is 5.23. The first-order valence-electron chi connectivity index (χ1n) is 11.4. The van der Waals surface area contributed by atoms with Gasteiger partial charge in [-0.3, -0.25) is 14.6 Å². The van der Waals surface area contributed by atoms with Crippen LogP contribution in [0.2, 0.25) is 0 Å². The lowest BCUT2D eigenvalue weighted by molar-refractivity contribution is -0.229. The average molecular weight is 465 g/mol. The van der Waals surface area contributed by atoms with Crippen molar-refractivity contribution in [2.75, 3.05) is 33.5 Å². The van der Waals surface area contributed by atoms with Gasteiger partial charge in [-0.25, -0.2) is 0 Å². The molecular weight excluding hydrogens is 428 g/mol. The molecule has 1 aromatic heterocycles. The number of aromatic nitrogens is 1. The van der Waals surface area contributed by atoms with E-state index in [2.05, 4.69) is 18.0 Å². The molecule has 1 saturated heterocycles. The van der Waals surface area contributed by atoms with Crippen molar-refractivity contribution < 1.29 is 23.8 Å². The van der Waals surface area contributed by atoms with E-state index < -0.39 is 5.60 Å². The Bertz CT molecular complexity index is 801. The highest BCUT2D eigenvalue weighted by atomic mass is 32.2. The first-order chi connectivity index (χ1) is 15.4. The van der Waals surface area contributed by atoms with E-state index in [1.807, 2.05) is 6.20 Å². The van der Waals surface area contributed by atoms with Gasteiger partial charge in [0.2, 0.25) is 0 Å². The highest BCUT2D eigenvalue weighted by Gasteiger charge is 2.62. The molecule has 0 unspecified atom stereocenters. The van der Waals surface area contributed by atoms with Crippen molar-refractivity contribution in [2.45, 2.75) is 70.4 Å². The van der Waals surface area contributed by atoms with E-state index in [0.29, 0.717) is 12.2 Å². The minimum Gasteiger partial charge on any atom is -0.364 e. The van der Waals surface area contributed by atoms with Crippen LogP contribution >= 0.6 is 11.8 Å². The molecule has 1 aromatic rings. The van der Waals surface area contributed by atoms with Crippen molar-refractivity contribution in [2.24, 2.45) is 5.92 Å². The smallest absolute Gasteiger partial charge is 0.259 e. The van der Waals surface area contributed by atoms with Gasteiger partial charge in [0.05, 0.1) is 6.04 Å². The predicted molar refractivity (Wildman–Crippen MR) is 124 cm³/mol. The summed E-state index contributed by atoms with van der Waals surface area (Å²) in [7, 11) is 3.09. The lowest BCUT2D eigenvalue weighted by Gasteiger charge is -2.54. The molecule has 0 N–H and O–H groups in total. The van der Waals surface area contributed by atoms with Gasteiger partial charge in [-0.2, -0.15) is 0 Å². The number of rotatable bonds is 14. The molecule has 2 aliphatic rings. The van der Waals surface area contributed by atoms with Gasteiger partial charge in [-0.05, 0) is 42.9 Å². The van der Waals surface area contributed by atoms with Crippen molar-refractivity contribution in [3.8, 4) is 0 Å². The third-order valence-corrected chi connectivity index (χ3v) is 7.29. The molecule has 0 radical (unpaired) electrons. The molecule has 1 aliphatic carbocycles. The zero-order valence-corrected chi connectivity index (χ0v) is 20.5. The molecular formula is C24H36N2O5S. The largest absolute Gasteiger partial charge is 0.364 e. The molecule has 1 saturated carbocycles. The lowest BCUT2D eigenvalue weighted by atomic mass is 9.79. The fraction of sp³-hybridized carbons (Fsp3) is 0.708. The Morgan fingerprint density at radius 1 is 1.28 bits per heavy atom. The third-order valence-electron chi connectivity index (χ3n) is 6.40. The number of hydrogen-bond donors (Lipinski definition) is 0. The number of aryl methyl sites for hydroxylation is 2. The topological polar surface area (TPSA) is 78.0 Å². The second-order valence-corrected chi connectivity index (χ2v) is 10.1. The maximum absolute atomic E-state index is 13.2. The normalized spacial score (nSPS) is 22.8. The number of pyridine rings is 1. The minimum atomic E-state index is -1.11. The number of methoxy groups -OCH3 is 2. The molecule has 1 aliphatic heterocycles. The van der Waals surface area contributed by atoms with E-state index in [0.717, 1.165) is 18.0 Å². The van der Waals surface area contributed by atoms with Gasteiger partial charge in [0, 0.05) is 45.2 Å². The van der Waals surface area contributed by atoms with Gasteiger partial charge in [0.15, 0.2) is 10.7 Å². The van der Waals surface area contributed by atoms with Crippen molar-refractivity contribution in [3.05, 3.63) is 29.1 Å². The van der Waals surface area contributed by atoms with Crippen LogP contribution in [0.5, 0.6) is 0 Å². The molecule has 0 aromatic carbocycles. The maximum atomic E-state index is 13.2. The van der Waals surface area contributed by atoms with E-state index in [1.54, 1.807) is 12.0 Å². The van der Waals surface area contributed by atoms with Crippen molar-refractivity contribution >= 4 is 22.8 Å². The summed E-state index contributed by atoms with van der Waals surface area (Å²) in [4.78, 5) is 31.1. The van der Waals surface area contributed by atoms with Crippen LogP contribution in [0, 0.1) is 12.8 Å². The van der Waals surface area contributed by atoms with Crippen LogP contribution in [0.3, 0.4) is 0 Å². The summed E-state index contributed by atoms with van der Waals surface area (Å²) in [5, 5.41) is 0.00398. The second kappa shape index (κ2) is 11.6. The number of ether oxygens (including phenoxy) is 3. The number of likely N-dealkylation sites (tertiary alicyclic amines) is 1. The first kappa shape index (κ1) is 25.1. The van der Waals surface area contributed by atoms with Gasteiger partial charge < -0.3 is 19.1 Å². The van der Waals surface area contributed by atoms with Gasteiger partial charge in [-0.15, -0.1) is 0 Å². The van der Waals surface area contributed by atoms with Crippen molar-refractivity contribution in [3.63, 3.8) is 0 Å². The molecule has 32 heavy (non-hydrogen) atoms. The highest BCUT2D eigenvalue weighted by Crippen LogP contribution is 2.39. The molecule has 0 bridgehead atoms. The van der Waals surface area contributed by atoms with Gasteiger partial charge in [-0.1, -0.05) is 37.4 Å². The zero-order chi connectivity index (χ0) is 23.1. The summed E-state index contributed by atoms with van der Waals surface area (Å²) in [5.74, 6) is 1.25. The Kier molecular flexibility index (Phi) is 9.11. The van der Waals surface area contributed by atoms with E-state index in [9.17, 15) is 9.59 Å². The monoisotopic (exact) mass is 464 g/mol. The average Bonchev–Trinajstić information content (AvgIpc) is 3.59. The van der Waals surface area contributed by atoms with Crippen LogP contribution in [0.1, 0.15) is 55.8 Å². The number of thioether (sulfide) groups is 1. The van der Waals surface area contributed by atoms with Crippen LogP contribution in [-0.4, -0.2) is 66.0 Å². The zero-order valence-electron chi connectivity index (χ0n) is 19.7. The summed E-state index contributed by atoms with van der Waals surface area (Å²) >= 11 is 1.19. The molecule has 3 rings (SSSR count). The van der Waals surface area contributed by atoms with Gasteiger partial charge in [0.25, 0.3) is 5.91 Å². The molecule has 0 spiro atoms. The predicted octanol–water partition coefficient (Wildman–Crippen LogP) is 3.51.